The Bertz CT molecular complexity index is 1610. The number of nitrogens with one attached hydrogen (secondary N) is 1. The van der Waals surface area contributed by atoms with Crippen LogP contribution in [0.15, 0.2) is 78.9 Å². The topological polar surface area (TPSA) is 107 Å². The number of halogens is 2. The molecule has 4 saturated heterocycles. The van der Waals surface area contributed by atoms with E-state index in [1.54, 1.807) is 29.3 Å². The average Bonchev–Trinajstić information content (AvgIpc) is 3.87. The molecule has 12 nitrogen and oxygen atoms in total. The lowest BCUT2D eigenvalue weighted by Crippen LogP contribution is -2.46. The third-order valence-electron chi connectivity index (χ3n) is 9.64. The van der Waals surface area contributed by atoms with Crippen molar-refractivity contribution < 1.29 is 37.4 Å². The van der Waals surface area contributed by atoms with Crippen LogP contribution in [0.2, 0.25) is 0 Å². The molecule has 7 rings (SSSR count). The van der Waals surface area contributed by atoms with Crippen molar-refractivity contribution in [1.82, 2.24) is 30.3 Å². The first kappa shape index (κ1) is 37.3. The predicted molar refractivity (Wildman–Crippen MR) is 187 cm³/mol. The van der Waals surface area contributed by atoms with Gasteiger partial charge in [-0.1, -0.05) is 54.6 Å². The zero-order valence-electron chi connectivity index (χ0n) is 29.2. The van der Waals surface area contributed by atoms with E-state index < -0.39 is 6.09 Å². The van der Waals surface area contributed by atoms with Crippen LogP contribution in [0.25, 0.3) is 0 Å². The van der Waals surface area contributed by atoms with Gasteiger partial charge in [0.15, 0.2) is 0 Å². The Balaban J connectivity index is 0.000000192. The number of benzene rings is 3. The summed E-state index contributed by atoms with van der Waals surface area (Å²) in [6.07, 6.45) is -0.172. The zero-order chi connectivity index (χ0) is 36.3. The summed E-state index contributed by atoms with van der Waals surface area (Å²) in [7, 11) is 0. The molecular weight excluding hydrogens is 674 g/mol. The maximum atomic E-state index is 13.2. The van der Waals surface area contributed by atoms with Crippen molar-refractivity contribution >= 4 is 17.9 Å². The zero-order valence-corrected chi connectivity index (χ0v) is 29.2. The van der Waals surface area contributed by atoms with Crippen molar-refractivity contribution in [2.75, 3.05) is 78.8 Å². The number of ether oxygens (including phenoxy) is 3. The molecular formula is C38H46F2N6O6. The SMILES string of the molecule is O=C(Cc1ccc(F)cc1)N1CC(N2CCOCC2)CN1.O=C(Cc1ccc(F)cc1)N1CC(N2CCOCC2)CN1C(=O)OCc1ccccc1. The van der Waals surface area contributed by atoms with Crippen LogP contribution in [0.4, 0.5) is 13.6 Å². The van der Waals surface area contributed by atoms with Crippen LogP contribution in [0.3, 0.4) is 0 Å². The van der Waals surface area contributed by atoms with E-state index in [0.29, 0.717) is 50.9 Å². The van der Waals surface area contributed by atoms with E-state index in [2.05, 4.69) is 15.2 Å². The minimum atomic E-state index is -0.549. The smallest absolute Gasteiger partial charge is 0.429 e. The molecule has 0 aliphatic carbocycles. The number of rotatable bonds is 8. The molecule has 4 heterocycles. The highest BCUT2D eigenvalue weighted by Crippen LogP contribution is 2.21. The predicted octanol–water partition coefficient (Wildman–Crippen LogP) is 2.88. The minimum Gasteiger partial charge on any atom is -0.443 e. The first-order valence-corrected chi connectivity index (χ1v) is 17.8. The normalized spacial score (nSPS) is 21.1. The summed E-state index contributed by atoms with van der Waals surface area (Å²) in [6.45, 7) is 8.57. The molecule has 52 heavy (non-hydrogen) atoms. The van der Waals surface area contributed by atoms with Crippen LogP contribution in [0.1, 0.15) is 16.7 Å². The van der Waals surface area contributed by atoms with Gasteiger partial charge in [-0.25, -0.2) is 29.0 Å². The molecule has 0 radical (unpaired) electrons. The number of hydrogen-bond acceptors (Lipinski definition) is 9. The summed E-state index contributed by atoms with van der Waals surface area (Å²) in [5.74, 6) is -0.829. The highest BCUT2D eigenvalue weighted by molar-refractivity contribution is 5.82. The summed E-state index contributed by atoms with van der Waals surface area (Å²) in [6, 6.07) is 21.7. The van der Waals surface area contributed by atoms with Crippen LogP contribution in [0.5, 0.6) is 0 Å². The second-order valence-electron chi connectivity index (χ2n) is 13.2. The van der Waals surface area contributed by atoms with Crippen molar-refractivity contribution in [3.05, 3.63) is 107 Å². The molecule has 0 spiro atoms. The Morgan fingerprint density at radius 3 is 1.73 bits per heavy atom. The molecule has 1 N–H and O–H groups in total. The highest BCUT2D eigenvalue weighted by Gasteiger charge is 2.40. The molecule has 3 aromatic rings. The van der Waals surface area contributed by atoms with Gasteiger partial charge in [-0.2, -0.15) is 0 Å². The second kappa shape index (κ2) is 18.3. The van der Waals surface area contributed by atoms with Gasteiger partial charge in [-0.05, 0) is 41.0 Å². The second-order valence-corrected chi connectivity index (χ2v) is 13.2. The van der Waals surface area contributed by atoms with Crippen LogP contribution >= 0.6 is 0 Å². The van der Waals surface area contributed by atoms with Crippen molar-refractivity contribution in [3.8, 4) is 0 Å². The lowest BCUT2D eigenvalue weighted by Gasteiger charge is -2.31. The monoisotopic (exact) mass is 720 g/mol. The lowest BCUT2D eigenvalue weighted by atomic mass is 10.1. The van der Waals surface area contributed by atoms with Crippen molar-refractivity contribution in [2.45, 2.75) is 31.5 Å². The van der Waals surface area contributed by atoms with Crippen LogP contribution in [-0.4, -0.2) is 134 Å². The van der Waals surface area contributed by atoms with Gasteiger partial charge in [0.05, 0.1) is 58.9 Å². The molecule has 3 amide bonds. The Hall–Kier alpha value is -4.47. The van der Waals surface area contributed by atoms with Crippen molar-refractivity contribution in [2.24, 2.45) is 0 Å². The highest BCUT2D eigenvalue weighted by atomic mass is 19.1. The number of carbonyl (C=O) groups is 3. The molecule has 4 aliphatic rings. The summed E-state index contributed by atoms with van der Waals surface area (Å²) < 4.78 is 42.3. The van der Waals surface area contributed by atoms with E-state index in [1.165, 1.54) is 34.3 Å². The lowest BCUT2D eigenvalue weighted by molar-refractivity contribution is -0.141. The first-order chi connectivity index (χ1) is 25.3. The van der Waals surface area contributed by atoms with E-state index >= 15 is 0 Å². The minimum absolute atomic E-state index is 0.0188. The molecule has 4 aliphatic heterocycles. The maximum absolute atomic E-state index is 13.2. The molecule has 278 valence electrons. The van der Waals surface area contributed by atoms with E-state index in [9.17, 15) is 23.2 Å². The molecule has 0 bridgehead atoms. The molecule has 4 fully saturated rings. The molecule has 14 heteroatoms. The van der Waals surface area contributed by atoms with E-state index in [1.807, 2.05) is 30.3 Å². The standard InChI is InChI=1S/C23H26FN3O4.C15H20FN3O2/c24-20-8-6-18(7-9-20)14-22(28)26-15-21(25-10-12-30-13-11-25)16-27(26)23(29)31-17-19-4-2-1-3-5-19;16-13-3-1-12(2-4-13)9-15(20)19-11-14(10-17-19)18-5-7-21-8-6-18/h1-9,21H,10-17H2;1-4,14,17H,5-11H2. The molecule has 0 saturated carbocycles. The van der Waals surface area contributed by atoms with Gasteiger partial charge in [0.2, 0.25) is 11.8 Å². The molecule has 2 atom stereocenters. The number of hydrazine groups is 2. The third kappa shape index (κ3) is 10.3. The van der Waals surface area contributed by atoms with E-state index in [-0.39, 0.29) is 42.5 Å². The van der Waals surface area contributed by atoms with Gasteiger partial charge in [0, 0.05) is 44.8 Å². The number of amides is 3. The van der Waals surface area contributed by atoms with E-state index in [4.69, 9.17) is 14.2 Å². The maximum Gasteiger partial charge on any atom is 0.429 e. The number of carbonyl (C=O) groups excluding carboxylic acids is 3. The van der Waals surface area contributed by atoms with Gasteiger partial charge < -0.3 is 14.2 Å². The van der Waals surface area contributed by atoms with E-state index in [0.717, 1.165) is 57.1 Å². The molecule has 2 unspecified atom stereocenters. The Kier molecular flexibility index (Phi) is 13.1. The number of morpholine rings is 2. The summed E-state index contributed by atoms with van der Waals surface area (Å²) in [4.78, 5) is 42.8. The van der Waals surface area contributed by atoms with Crippen LogP contribution in [0, 0.1) is 11.6 Å². The third-order valence-corrected chi connectivity index (χ3v) is 9.64. The summed E-state index contributed by atoms with van der Waals surface area (Å²) in [5.41, 5.74) is 5.57. The summed E-state index contributed by atoms with van der Waals surface area (Å²) >= 11 is 0. The number of nitrogens with zero attached hydrogens (tertiary/aromatic N) is 5. The van der Waals surface area contributed by atoms with Gasteiger partial charge >= 0.3 is 6.09 Å². The van der Waals surface area contributed by atoms with Gasteiger partial charge in [-0.3, -0.25) is 24.4 Å². The fourth-order valence-corrected chi connectivity index (χ4v) is 6.70. The van der Waals surface area contributed by atoms with Gasteiger partial charge in [0.1, 0.15) is 18.2 Å². The fraction of sp³-hybridized carbons (Fsp3) is 0.447. The molecule has 3 aromatic carbocycles. The largest absolute Gasteiger partial charge is 0.443 e. The van der Waals surface area contributed by atoms with Crippen molar-refractivity contribution in [3.63, 3.8) is 0 Å². The van der Waals surface area contributed by atoms with Gasteiger partial charge in [0.25, 0.3) is 0 Å². The van der Waals surface area contributed by atoms with Crippen LogP contribution < -0.4 is 5.43 Å². The number of hydrogen-bond donors (Lipinski definition) is 1. The average molecular weight is 721 g/mol. The quantitative estimate of drug-likeness (QED) is 0.376. The Labute approximate surface area is 302 Å². The fourth-order valence-electron chi connectivity index (χ4n) is 6.70. The van der Waals surface area contributed by atoms with Crippen LogP contribution in [-0.2, 0) is 43.2 Å². The summed E-state index contributed by atoms with van der Waals surface area (Å²) in [5, 5.41) is 4.55. The first-order valence-electron chi connectivity index (χ1n) is 17.8. The Morgan fingerprint density at radius 2 is 1.15 bits per heavy atom. The molecule has 0 aromatic heterocycles. The van der Waals surface area contributed by atoms with Crippen molar-refractivity contribution in [1.29, 1.82) is 0 Å². The Morgan fingerprint density at radius 1 is 0.635 bits per heavy atom. The van der Waals surface area contributed by atoms with Gasteiger partial charge in [-0.15, -0.1) is 0 Å².